The number of hydrogen-bond donors (Lipinski definition) is 4. The van der Waals surface area contributed by atoms with Gasteiger partial charge in [-0.05, 0) is 30.7 Å². The summed E-state index contributed by atoms with van der Waals surface area (Å²) < 4.78 is 0. The molecule has 1 atom stereocenters. The van der Waals surface area contributed by atoms with Crippen molar-refractivity contribution < 1.29 is 10.2 Å². The molecule has 1 aromatic rings. The van der Waals surface area contributed by atoms with Gasteiger partial charge < -0.3 is 21.3 Å². The second-order valence-electron chi connectivity index (χ2n) is 3.35. The second-order valence-corrected chi connectivity index (χ2v) is 3.35. The first-order chi connectivity index (χ1) is 6.61. The Morgan fingerprint density at radius 2 is 2.14 bits per heavy atom. The zero-order valence-corrected chi connectivity index (χ0v) is 8.20. The molecule has 0 aliphatic carbocycles. The Balaban J connectivity index is 2.58. The quantitative estimate of drug-likeness (QED) is 0.524. The van der Waals surface area contributed by atoms with Gasteiger partial charge in [-0.3, -0.25) is 0 Å². The van der Waals surface area contributed by atoms with Gasteiger partial charge in [0.15, 0.2) is 0 Å². The van der Waals surface area contributed by atoms with Gasteiger partial charge in [0.2, 0.25) is 0 Å². The molecule has 0 heterocycles. The maximum atomic E-state index is 9.11. The Morgan fingerprint density at radius 1 is 1.43 bits per heavy atom. The lowest BCUT2D eigenvalue weighted by Crippen LogP contribution is -2.22. The van der Waals surface area contributed by atoms with Crippen molar-refractivity contribution in [2.75, 3.05) is 24.2 Å². The summed E-state index contributed by atoms with van der Waals surface area (Å²) in [5.74, 6) is 0. The van der Waals surface area contributed by atoms with E-state index in [4.69, 9.17) is 15.9 Å². The van der Waals surface area contributed by atoms with E-state index in [1.54, 1.807) is 6.07 Å². The summed E-state index contributed by atoms with van der Waals surface area (Å²) in [6, 6.07) is 5.59. The normalized spacial score (nSPS) is 12.5. The van der Waals surface area contributed by atoms with Crippen molar-refractivity contribution in [1.29, 1.82) is 0 Å². The Labute approximate surface area is 83.4 Å². The number of anilines is 2. The Kier molecular flexibility index (Phi) is 3.73. The van der Waals surface area contributed by atoms with Crippen molar-refractivity contribution in [3.63, 3.8) is 0 Å². The average Bonchev–Trinajstić information content (AvgIpc) is 2.12. The number of aliphatic hydroxyl groups is 2. The third kappa shape index (κ3) is 3.24. The molecule has 0 radical (unpaired) electrons. The number of nitrogens with two attached hydrogens (primary N) is 1. The molecular formula is C10H16N2O2. The number of nitrogens with one attached hydrogen (secondary N) is 1. The van der Waals surface area contributed by atoms with Crippen LogP contribution in [0.1, 0.15) is 5.56 Å². The van der Waals surface area contributed by atoms with Crippen LogP contribution >= 0.6 is 0 Å². The van der Waals surface area contributed by atoms with E-state index in [1.807, 2.05) is 19.1 Å². The fourth-order valence-corrected chi connectivity index (χ4v) is 1.22. The molecule has 0 saturated carbocycles. The maximum absolute atomic E-state index is 9.11. The van der Waals surface area contributed by atoms with E-state index in [1.165, 1.54) is 0 Å². The first-order valence-electron chi connectivity index (χ1n) is 4.52. The number of nitrogen functional groups attached to an aromatic ring is 1. The second kappa shape index (κ2) is 4.83. The van der Waals surface area contributed by atoms with Gasteiger partial charge in [0.05, 0.1) is 12.7 Å². The van der Waals surface area contributed by atoms with Crippen molar-refractivity contribution in [2.45, 2.75) is 13.0 Å². The van der Waals surface area contributed by atoms with Crippen LogP contribution in [-0.2, 0) is 0 Å². The van der Waals surface area contributed by atoms with Crippen molar-refractivity contribution in [2.24, 2.45) is 0 Å². The molecule has 4 heteroatoms. The molecule has 0 fully saturated rings. The number of hydrogen-bond acceptors (Lipinski definition) is 4. The molecule has 1 rings (SSSR count). The third-order valence-electron chi connectivity index (χ3n) is 1.85. The number of aliphatic hydroxyl groups excluding tert-OH is 2. The van der Waals surface area contributed by atoms with E-state index in [-0.39, 0.29) is 6.61 Å². The van der Waals surface area contributed by atoms with Gasteiger partial charge in [-0.2, -0.15) is 0 Å². The summed E-state index contributed by atoms with van der Waals surface area (Å²) in [6.07, 6.45) is -0.739. The maximum Gasteiger partial charge on any atom is 0.0942 e. The Morgan fingerprint density at radius 3 is 2.71 bits per heavy atom. The lowest BCUT2D eigenvalue weighted by atomic mass is 10.2. The van der Waals surface area contributed by atoms with E-state index in [0.717, 1.165) is 11.3 Å². The topological polar surface area (TPSA) is 78.5 Å². The van der Waals surface area contributed by atoms with E-state index in [2.05, 4.69) is 5.32 Å². The SMILES string of the molecule is Cc1cc(N)cc(NCC(O)CO)c1. The van der Waals surface area contributed by atoms with Crippen LogP contribution in [0.15, 0.2) is 18.2 Å². The van der Waals surface area contributed by atoms with Gasteiger partial charge in [0.1, 0.15) is 0 Å². The van der Waals surface area contributed by atoms with E-state index < -0.39 is 6.10 Å². The van der Waals surface area contributed by atoms with Gasteiger partial charge in [0.25, 0.3) is 0 Å². The van der Waals surface area contributed by atoms with Crippen molar-refractivity contribution >= 4 is 11.4 Å². The van der Waals surface area contributed by atoms with Gasteiger partial charge in [0, 0.05) is 17.9 Å². The van der Waals surface area contributed by atoms with Crippen LogP contribution in [0.5, 0.6) is 0 Å². The molecule has 0 spiro atoms. The largest absolute Gasteiger partial charge is 0.399 e. The fraction of sp³-hybridized carbons (Fsp3) is 0.400. The fourth-order valence-electron chi connectivity index (χ4n) is 1.22. The predicted molar refractivity (Wildman–Crippen MR) is 57.2 cm³/mol. The summed E-state index contributed by atoms with van der Waals surface area (Å²) in [6.45, 7) is 2.03. The van der Waals surface area contributed by atoms with Crippen LogP contribution in [0, 0.1) is 6.92 Å². The summed E-state index contributed by atoms with van der Waals surface area (Å²) in [7, 11) is 0. The average molecular weight is 196 g/mol. The van der Waals surface area contributed by atoms with Crippen molar-refractivity contribution in [3.8, 4) is 0 Å². The van der Waals surface area contributed by atoms with Gasteiger partial charge in [-0.25, -0.2) is 0 Å². The lowest BCUT2D eigenvalue weighted by molar-refractivity contribution is 0.105. The molecule has 0 aliphatic rings. The molecule has 0 aromatic heterocycles. The molecule has 5 N–H and O–H groups in total. The zero-order valence-electron chi connectivity index (χ0n) is 8.20. The lowest BCUT2D eigenvalue weighted by Gasteiger charge is -2.11. The standard InChI is InChI=1S/C10H16N2O2/c1-7-2-8(11)4-9(3-7)12-5-10(14)6-13/h2-4,10,12-14H,5-6,11H2,1H3. The minimum Gasteiger partial charge on any atom is -0.399 e. The van der Waals surface area contributed by atoms with Crippen LogP contribution in [0.3, 0.4) is 0 Å². The first-order valence-corrected chi connectivity index (χ1v) is 4.52. The first kappa shape index (κ1) is 10.8. The highest BCUT2D eigenvalue weighted by Gasteiger charge is 2.01. The van der Waals surface area contributed by atoms with E-state index in [0.29, 0.717) is 12.2 Å². The summed E-state index contributed by atoms with van der Waals surface area (Å²) in [5.41, 5.74) is 8.25. The smallest absolute Gasteiger partial charge is 0.0942 e. The predicted octanol–water partition coefficient (Wildman–Crippen LogP) is 0.342. The van der Waals surface area contributed by atoms with Crippen LogP contribution in [0.25, 0.3) is 0 Å². The number of aryl methyl sites for hydroxylation is 1. The van der Waals surface area contributed by atoms with Crippen molar-refractivity contribution in [1.82, 2.24) is 0 Å². The molecule has 1 aromatic carbocycles. The van der Waals surface area contributed by atoms with Crippen LogP contribution in [-0.4, -0.2) is 29.5 Å². The highest BCUT2D eigenvalue weighted by molar-refractivity contribution is 5.56. The number of rotatable bonds is 4. The summed E-state index contributed by atoms with van der Waals surface area (Å²) in [5, 5.41) is 20.7. The summed E-state index contributed by atoms with van der Waals surface area (Å²) >= 11 is 0. The van der Waals surface area contributed by atoms with Crippen LogP contribution in [0.2, 0.25) is 0 Å². The minimum atomic E-state index is -0.739. The van der Waals surface area contributed by atoms with E-state index in [9.17, 15) is 0 Å². The molecule has 4 nitrogen and oxygen atoms in total. The third-order valence-corrected chi connectivity index (χ3v) is 1.85. The molecule has 0 aliphatic heterocycles. The highest BCUT2D eigenvalue weighted by atomic mass is 16.3. The molecule has 1 unspecified atom stereocenters. The molecule has 0 amide bonds. The van der Waals surface area contributed by atoms with E-state index >= 15 is 0 Å². The zero-order chi connectivity index (χ0) is 10.6. The number of benzene rings is 1. The van der Waals surface area contributed by atoms with Crippen LogP contribution in [0.4, 0.5) is 11.4 Å². The minimum absolute atomic E-state index is 0.242. The van der Waals surface area contributed by atoms with Crippen LogP contribution < -0.4 is 11.1 Å². The monoisotopic (exact) mass is 196 g/mol. The molecule has 0 saturated heterocycles. The molecule has 14 heavy (non-hydrogen) atoms. The van der Waals surface area contributed by atoms with Crippen molar-refractivity contribution in [3.05, 3.63) is 23.8 Å². The molecular weight excluding hydrogens is 180 g/mol. The summed E-state index contributed by atoms with van der Waals surface area (Å²) in [4.78, 5) is 0. The Hall–Kier alpha value is -1.26. The molecule has 78 valence electrons. The van der Waals surface area contributed by atoms with Gasteiger partial charge in [-0.1, -0.05) is 0 Å². The molecule has 0 bridgehead atoms. The Bertz CT molecular complexity index is 282. The van der Waals surface area contributed by atoms with Gasteiger partial charge >= 0.3 is 0 Å². The van der Waals surface area contributed by atoms with Gasteiger partial charge in [-0.15, -0.1) is 0 Å². The highest BCUT2D eigenvalue weighted by Crippen LogP contribution is 2.15.